The van der Waals surface area contributed by atoms with Gasteiger partial charge in [0.1, 0.15) is 6.61 Å². The van der Waals surface area contributed by atoms with Crippen LogP contribution in [0.15, 0.2) is 30.9 Å². The van der Waals surface area contributed by atoms with E-state index in [1.807, 2.05) is 0 Å². The second kappa shape index (κ2) is 9.95. The van der Waals surface area contributed by atoms with E-state index in [-0.39, 0.29) is 5.91 Å². The van der Waals surface area contributed by atoms with Crippen LogP contribution in [0.3, 0.4) is 0 Å². The van der Waals surface area contributed by atoms with E-state index in [0.717, 1.165) is 39.3 Å². The molecular formula is C18H26N2O4. The molecule has 1 saturated heterocycles. The fourth-order valence-corrected chi connectivity index (χ4v) is 2.51. The van der Waals surface area contributed by atoms with Crippen molar-refractivity contribution >= 4 is 5.91 Å². The van der Waals surface area contributed by atoms with Crippen molar-refractivity contribution in [2.45, 2.75) is 6.42 Å². The first-order chi connectivity index (χ1) is 11.7. The zero-order valence-electron chi connectivity index (χ0n) is 14.3. The number of nitrogens with zero attached hydrogens (tertiary/aromatic N) is 1. The van der Waals surface area contributed by atoms with E-state index in [9.17, 15) is 4.79 Å². The predicted molar refractivity (Wildman–Crippen MR) is 92.9 cm³/mol. The van der Waals surface area contributed by atoms with E-state index in [1.165, 1.54) is 0 Å². The summed E-state index contributed by atoms with van der Waals surface area (Å²) in [6, 6.07) is 5.17. The maximum absolute atomic E-state index is 12.2. The number of hydrogen-bond acceptors (Lipinski definition) is 5. The van der Waals surface area contributed by atoms with E-state index in [1.54, 1.807) is 31.4 Å². The van der Waals surface area contributed by atoms with Gasteiger partial charge in [-0.3, -0.25) is 9.69 Å². The van der Waals surface area contributed by atoms with Gasteiger partial charge in [-0.05, 0) is 31.2 Å². The average Bonchev–Trinajstić information content (AvgIpc) is 2.64. The molecule has 1 N–H and O–H groups in total. The molecule has 1 aromatic rings. The highest BCUT2D eigenvalue weighted by molar-refractivity contribution is 5.94. The highest BCUT2D eigenvalue weighted by Gasteiger charge is 2.12. The molecule has 24 heavy (non-hydrogen) atoms. The highest BCUT2D eigenvalue weighted by atomic mass is 16.5. The minimum absolute atomic E-state index is 0.106. The first-order valence-electron chi connectivity index (χ1n) is 8.24. The van der Waals surface area contributed by atoms with Gasteiger partial charge in [0.25, 0.3) is 5.91 Å². The third-order valence-corrected chi connectivity index (χ3v) is 3.82. The first kappa shape index (κ1) is 18.3. The lowest BCUT2D eigenvalue weighted by molar-refractivity contribution is 0.0374. The molecule has 0 bridgehead atoms. The summed E-state index contributed by atoms with van der Waals surface area (Å²) < 4.78 is 16.1. The van der Waals surface area contributed by atoms with Crippen molar-refractivity contribution in [2.24, 2.45) is 0 Å². The number of methoxy groups -OCH3 is 1. The summed E-state index contributed by atoms with van der Waals surface area (Å²) in [5.41, 5.74) is 0.559. The quantitative estimate of drug-likeness (QED) is 0.550. The van der Waals surface area contributed by atoms with Crippen LogP contribution in [0.5, 0.6) is 11.5 Å². The van der Waals surface area contributed by atoms with Crippen molar-refractivity contribution in [3.63, 3.8) is 0 Å². The zero-order valence-corrected chi connectivity index (χ0v) is 14.3. The number of hydrogen-bond donors (Lipinski definition) is 1. The Morgan fingerprint density at radius 1 is 1.38 bits per heavy atom. The molecule has 1 aromatic carbocycles. The Labute approximate surface area is 143 Å². The molecule has 1 aliphatic rings. The molecular weight excluding hydrogens is 308 g/mol. The molecule has 0 spiro atoms. The molecule has 6 nitrogen and oxygen atoms in total. The smallest absolute Gasteiger partial charge is 0.251 e. The van der Waals surface area contributed by atoms with Gasteiger partial charge in [0.15, 0.2) is 11.5 Å². The second-order valence-corrected chi connectivity index (χ2v) is 5.53. The monoisotopic (exact) mass is 334 g/mol. The Hall–Kier alpha value is -2.05. The maximum atomic E-state index is 12.2. The molecule has 0 saturated carbocycles. The van der Waals surface area contributed by atoms with Gasteiger partial charge in [-0.15, -0.1) is 0 Å². The number of rotatable bonds is 9. The van der Waals surface area contributed by atoms with Crippen LogP contribution in [0.25, 0.3) is 0 Å². The largest absolute Gasteiger partial charge is 0.493 e. The molecule has 0 radical (unpaired) electrons. The second-order valence-electron chi connectivity index (χ2n) is 5.53. The van der Waals surface area contributed by atoms with Gasteiger partial charge in [0.05, 0.1) is 20.3 Å². The average molecular weight is 334 g/mol. The van der Waals surface area contributed by atoms with Crippen LogP contribution in [-0.2, 0) is 4.74 Å². The fourth-order valence-electron chi connectivity index (χ4n) is 2.51. The Morgan fingerprint density at radius 2 is 2.17 bits per heavy atom. The maximum Gasteiger partial charge on any atom is 0.251 e. The molecule has 0 aromatic heterocycles. The van der Waals surface area contributed by atoms with E-state index < -0.39 is 0 Å². The number of carbonyl (C=O) groups is 1. The van der Waals surface area contributed by atoms with Crippen molar-refractivity contribution in [2.75, 3.05) is 53.1 Å². The van der Waals surface area contributed by atoms with Gasteiger partial charge in [0, 0.05) is 25.2 Å². The van der Waals surface area contributed by atoms with Crippen molar-refractivity contribution in [1.82, 2.24) is 10.2 Å². The molecule has 0 aliphatic carbocycles. The van der Waals surface area contributed by atoms with Crippen LogP contribution in [-0.4, -0.2) is 63.9 Å². The Morgan fingerprint density at radius 3 is 2.88 bits per heavy atom. The number of nitrogens with one attached hydrogen (secondary N) is 1. The minimum atomic E-state index is -0.106. The van der Waals surface area contributed by atoms with Crippen LogP contribution in [0.4, 0.5) is 0 Å². The molecule has 132 valence electrons. The molecule has 1 fully saturated rings. The number of amides is 1. The lowest BCUT2D eigenvalue weighted by Gasteiger charge is -2.26. The lowest BCUT2D eigenvalue weighted by Crippen LogP contribution is -2.38. The van der Waals surface area contributed by atoms with Crippen molar-refractivity contribution in [3.8, 4) is 11.5 Å². The van der Waals surface area contributed by atoms with Gasteiger partial charge >= 0.3 is 0 Å². The fraction of sp³-hybridized carbons (Fsp3) is 0.500. The van der Waals surface area contributed by atoms with E-state index >= 15 is 0 Å². The number of ether oxygens (including phenoxy) is 3. The summed E-state index contributed by atoms with van der Waals surface area (Å²) in [5.74, 6) is 1.03. The van der Waals surface area contributed by atoms with E-state index in [4.69, 9.17) is 14.2 Å². The first-order valence-corrected chi connectivity index (χ1v) is 8.24. The minimum Gasteiger partial charge on any atom is -0.493 e. The molecule has 1 heterocycles. The summed E-state index contributed by atoms with van der Waals surface area (Å²) in [6.45, 7) is 9.16. The van der Waals surface area contributed by atoms with E-state index in [0.29, 0.717) is 30.2 Å². The Bertz CT molecular complexity index is 542. The van der Waals surface area contributed by atoms with Gasteiger partial charge in [-0.1, -0.05) is 12.7 Å². The summed E-state index contributed by atoms with van der Waals surface area (Å²) in [7, 11) is 1.56. The Kier molecular flexibility index (Phi) is 7.58. The predicted octanol–water partition coefficient (Wildman–Crippen LogP) is 1.71. The molecule has 0 unspecified atom stereocenters. The normalized spacial score (nSPS) is 14.9. The molecule has 0 atom stereocenters. The SMILES string of the molecule is C=CCOc1ccc(C(=O)NCCCN2CCOCC2)cc1OC. The lowest BCUT2D eigenvalue weighted by atomic mass is 10.2. The third kappa shape index (κ3) is 5.54. The molecule has 1 aliphatic heterocycles. The van der Waals surface area contributed by atoms with Crippen molar-refractivity contribution in [3.05, 3.63) is 36.4 Å². The van der Waals surface area contributed by atoms with E-state index in [2.05, 4.69) is 16.8 Å². The van der Waals surface area contributed by atoms with Crippen molar-refractivity contribution < 1.29 is 19.0 Å². The molecule has 6 heteroatoms. The summed E-state index contributed by atoms with van der Waals surface area (Å²) >= 11 is 0. The number of morpholine rings is 1. The van der Waals surface area contributed by atoms with Crippen LogP contribution in [0.1, 0.15) is 16.8 Å². The third-order valence-electron chi connectivity index (χ3n) is 3.82. The zero-order chi connectivity index (χ0) is 17.2. The van der Waals surface area contributed by atoms with Crippen LogP contribution >= 0.6 is 0 Å². The van der Waals surface area contributed by atoms with Crippen LogP contribution in [0.2, 0.25) is 0 Å². The standard InChI is InChI=1S/C18H26N2O4/c1-3-11-24-16-6-5-15(14-17(16)22-2)18(21)19-7-4-8-20-9-12-23-13-10-20/h3,5-6,14H,1,4,7-13H2,2H3,(H,19,21). The van der Waals surface area contributed by atoms with Gasteiger partial charge in [0.2, 0.25) is 0 Å². The molecule has 1 amide bonds. The summed E-state index contributed by atoms with van der Waals surface area (Å²) in [6.07, 6.45) is 2.58. The molecule has 2 rings (SSSR count). The van der Waals surface area contributed by atoms with Gasteiger partial charge in [-0.2, -0.15) is 0 Å². The topological polar surface area (TPSA) is 60.0 Å². The Balaban J connectivity index is 1.79. The summed E-state index contributed by atoms with van der Waals surface area (Å²) in [4.78, 5) is 14.6. The van der Waals surface area contributed by atoms with Crippen LogP contribution < -0.4 is 14.8 Å². The van der Waals surface area contributed by atoms with Gasteiger partial charge in [-0.25, -0.2) is 0 Å². The van der Waals surface area contributed by atoms with Gasteiger partial charge < -0.3 is 19.5 Å². The van der Waals surface area contributed by atoms with Crippen LogP contribution in [0, 0.1) is 0 Å². The summed E-state index contributed by atoms with van der Waals surface area (Å²) in [5, 5.41) is 2.94. The van der Waals surface area contributed by atoms with Crippen molar-refractivity contribution in [1.29, 1.82) is 0 Å². The highest BCUT2D eigenvalue weighted by Crippen LogP contribution is 2.28. The number of benzene rings is 1. The number of carbonyl (C=O) groups excluding carboxylic acids is 1.